The highest BCUT2D eigenvalue weighted by Gasteiger charge is 2.18. The van der Waals surface area contributed by atoms with Crippen molar-refractivity contribution in [2.24, 2.45) is 0 Å². The van der Waals surface area contributed by atoms with Crippen LogP contribution in [0.3, 0.4) is 0 Å². The molecule has 0 spiro atoms. The van der Waals surface area contributed by atoms with E-state index in [1.807, 2.05) is 24.3 Å². The number of hydrogen-bond donors (Lipinski definition) is 2. The van der Waals surface area contributed by atoms with Crippen LogP contribution < -0.4 is 9.47 Å². The summed E-state index contributed by atoms with van der Waals surface area (Å²) in [5.41, 5.74) is 2.86. The molecular weight excluding hydrogens is 448 g/mol. The number of ether oxygens (including phenoxy) is 2. The van der Waals surface area contributed by atoms with Gasteiger partial charge in [0.15, 0.2) is 0 Å². The maximum atomic E-state index is 10.3. The first-order chi connectivity index (χ1) is 16.8. The van der Waals surface area contributed by atoms with E-state index in [1.165, 1.54) is 19.3 Å². The summed E-state index contributed by atoms with van der Waals surface area (Å²) in [5.74, 6) is 2.88. The maximum Gasteiger partial charge on any atom is 0.134 e. The molecule has 4 heteroatoms. The highest BCUT2D eigenvalue weighted by molar-refractivity contribution is 5.49. The summed E-state index contributed by atoms with van der Waals surface area (Å²) in [4.78, 5) is 0. The largest absolute Gasteiger partial charge is 0.508 e. The second-order valence-electron chi connectivity index (χ2n) is 11.7. The smallest absolute Gasteiger partial charge is 0.134 e. The van der Waals surface area contributed by atoms with Gasteiger partial charge in [-0.3, -0.25) is 0 Å². The number of aryl methyl sites for hydroxylation is 1. The fourth-order valence-corrected chi connectivity index (χ4v) is 4.06. The van der Waals surface area contributed by atoms with Crippen molar-refractivity contribution in [1.29, 1.82) is 0 Å². The van der Waals surface area contributed by atoms with Gasteiger partial charge < -0.3 is 19.7 Å². The van der Waals surface area contributed by atoms with Crippen molar-refractivity contribution in [1.82, 2.24) is 0 Å². The van der Waals surface area contributed by atoms with Gasteiger partial charge in [-0.15, -0.1) is 0 Å². The quantitative estimate of drug-likeness (QED) is 0.293. The second kappa shape index (κ2) is 11.3. The van der Waals surface area contributed by atoms with Crippen molar-refractivity contribution in [2.75, 3.05) is 0 Å². The van der Waals surface area contributed by atoms with Gasteiger partial charge in [-0.25, -0.2) is 0 Å². The van der Waals surface area contributed by atoms with Crippen molar-refractivity contribution in [3.8, 4) is 34.5 Å². The van der Waals surface area contributed by atoms with Crippen molar-refractivity contribution in [2.45, 2.75) is 91.4 Å². The van der Waals surface area contributed by atoms with E-state index in [-0.39, 0.29) is 22.3 Å². The fraction of sp³-hybridized carbons (Fsp3) is 0.438. The summed E-state index contributed by atoms with van der Waals surface area (Å²) in [5, 5.41) is 20.6. The Bertz CT molecular complexity index is 1170. The van der Waals surface area contributed by atoms with E-state index in [4.69, 9.17) is 9.47 Å². The Labute approximate surface area is 216 Å². The number of unbranched alkanes of at least 4 members (excludes halogenated alkanes) is 3. The van der Waals surface area contributed by atoms with Crippen molar-refractivity contribution in [3.63, 3.8) is 0 Å². The van der Waals surface area contributed by atoms with Crippen molar-refractivity contribution in [3.05, 3.63) is 71.3 Å². The zero-order chi connectivity index (χ0) is 26.5. The number of aromatic hydroxyl groups is 2. The third kappa shape index (κ3) is 7.68. The minimum atomic E-state index is -0.120. The standard InChI is InChI=1S/C32H42O4/c1-8-9-10-11-12-22-13-14-27(35-28-17-23(31(2,3)4)15-25(33)19-28)21-30(22)36-29-18-24(32(5,6)7)16-26(34)20-29/h13-21,33-34H,8-12H2,1-7H3. The predicted octanol–water partition coefficient (Wildman–Crippen LogP) is 9.40. The molecule has 0 saturated heterocycles. The number of phenols is 2. The van der Waals surface area contributed by atoms with Gasteiger partial charge in [-0.1, -0.05) is 73.8 Å². The number of hydrogen-bond acceptors (Lipinski definition) is 4. The highest BCUT2D eigenvalue weighted by atomic mass is 16.5. The van der Waals surface area contributed by atoms with E-state index in [0.29, 0.717) is 23.0 Å². The number of rotatable bonds is 9. The van der Waals surface area contributed by atoms with Gasteiger partial charge >= 0.3 is 0 Å². The van der Waals surface area contributed by atoms with Crippen LogP contribution in [0.5, 0.6) is 34.5 Å². The van der Waals surface area contributed by atoms with E-state index < -0.39 is 0 Å². The van der Waals surface area contributed by atoms with Gasteiger partial charge in [0.05, 0.1) is 0 Å². The fourth-order valence-electron chi connectivity index (χ4n) is 4.06. The molecule has 194 valence electrons. The molecule has 0 unspecified atom stereocenters. The summed E-state index contributed by atoms with van der Waals surface area (Å²) in [6.45, 7) is 14.9. The van der Waals surface area contributed by atoms with Crippen molar-refractivity contribution < 1.29 is 19.7 Å². The third-order valence-corrected chi connectivity index (χ3v) is 6.32. The van der Waals surface area contributed by atoms with Crippen LogP contribution in [0.15, 0.2) is 54.6 Å². The first-order valence-corrected chi connectivity index (χ1v) is 13.0. The molecule has 3 aromatic rings. The Kier molecular flexibility index (Phi) is 8.60. The summed E-state index contributed by atoms with van der Waals surface area (Å²) >= 11 is 0. The number of phenolic OH excluding ortho intramolecular Hbond substituents is 2. The minimum Gasteiger partial charge on any atom is -0.508 e. The lowest BCUT2D eigenvalue weighted by Crippen LogP contribution is -2.11. The molecule has 0 aromatic heterocycles. The Hall–Kier alpha value is -3.14. The predicted molar refractivity (Wildman–Crippen MR) is 148 cm³/mol. The molecule has 0 amide bonds. The Balaban J connectivity index is 1.95. The van der Waals surface area contributed by atoms with Crippen LogP contribution in [0.25, 0.3) is 0 Å². The lowest BCUT2D eigenvalue weighted by atomic mass is 9.87. The average Bonchev–Trinajstić information content (AvgIpc) is 2.76. The first-order valence-electron chi connectivity index (χ1n) is 13.0. The summed E-state index contributed by atoms with van der Waals surface area (Å²) in [6, 6.07) is 16.7. The molecule has 2 N–H and O–H groups in total. The molecule has 0 radical (unpaired) electrons. The van der Waals surface area contributed by atoms with Gasteiger partial charge in [0, 0.05) is 18.2 Å². The molecule has 36 heavy (non-hydrogen) atoms. The lowest BCUT2D eigenvalue weighted by molar-refractivity contribution is 0.436. The monoisotopic (exact) mass is 490 g/mol. The van der Waals surface area contributed by atoms with Crippen LogP contribution in [0, 0.1) is 0 Å². The van der Waals surface area contributed by atoms with Gasteiger partial charge in [0.25, 0.3) is 0 Å². The van der Waals surface area contributed by atoms with Crippen LogP contribution in [-0.2, 0) is 17.3 Å². The first kappa shape index (κ1) is 27.4. The highest BCUT2D eigenvalue weighted by Crippen LogP contribution is 2.38. The molecule has 0 aliphatic rings. The van der Waals surface area contributed by atoms with Crippen LogP contribution in [-0.4, -0.2) is 10.2 Å². The van der Waals surface area contributed by atoms with Gasteiger partial charge in [-0.2, -0.15) is 0 Å². The SMILES string of the molecule is CCCCCCc1ccc(Oc2cc(O)cc(C(C)(C)C)c2)cc1Oc1cc(O)cc(C(C)(C)C)c1. The molecule has 0 bridgehead atoms. The Morgan fingerprint density at radius 2 is 1.17 bits per heavy atom. The van der Waals surface area contributed by atoms with Crippen LogP contribution in [0.2, 0.25) is 0 Å². The van der Waals surface area contributed by atoms with E-state index in [2.05, 4.69) is 54.5 Å². The van der Waals surface area contributed by atoms with Gasteiger partial charge in [0.1, 0.15) is 34.5 Å². The summed E-state index contributed by atoms with van der Waals surface area (Å²) in [6.07, 6.45) is 5.56. The maximum absolute atomic E-state index is 10.3. The normalized spacial score (nSPS) is 12.0. The summed E-state index contributed by atoms with van der Waals surface area (Å²) in [7, 11) is 0. The Morgan fingerprint density at radius 3 is 1.69 bits per heavy atom. The average molecular weight is 491 g/mol. The molecule has 3 aromatic carbocycles. The van der Waals surface area contributed by atoms with Crippen LogP contribution >= 0.6 is 0 Å². The zero-order valence-electron chi connectivity index (χ0n) is 22.9. The molecule has 0 fully saturated rings. The Morgan fingerprint density at radius 1 is 0.611 bits per heavy atom. The summed E-state index contributed by atoms with van der Waals surface area (Å²) < 4.78 is 12.6. The van der Waals surface area contributed by atoms with Crippen LogP contribution in [0.4, 0.5) is 0 Å². The van der Waals surface area contributed by atoms with E-state index in [1.54, 1.807) is 24.3 Å². The molecule has 4 nitrogen and oxygen atoms in total. The van der Waals surface area contributed by atoms with E-state index >= 15 is 0 Å². The molecule has 3 rings (SSSR count). The topological polar surface area (TPSA) is 58.9 Å². The number of benzene rings is 3. The molecular formula is C32H42O4. The molecule has 0 aliphatic carbocycles. The van der Waals surface area contributed by atoms with Gasteiger partial charge in [0.2, 0.25) is 0 Å². The molecule has 0 heterocycles. The van der Waals surface area contributed by atoms with E-state index in [9.17, 15) is 10.2 Å². The third-order valence-electron chi connectivity index (χ3n) is 6.32. The molecule has 0 aliphatic heterocycles. The van der Waals surface area contributed by atoms with Crippen LogP contribution in [0.1, 0.15) is 90.8 Å². The second-order valence-corrected chi connectivity index (χ2v) is 11.7. The minimum absolute atomic E-state index is 0.118. The lowest BCUT2D eigenvalue weighted by Gasteiger charge is -2.21. The molecule has 0 saturated carbocycles. The zero-order valence-corrected chi connectivity index (χ0v) is 22.9. The van der Waals surface area contributed by atoms with Gasteiger partial charge in [-0.05, 0) is 70.7 Å². The van der Waals surface area contributed by atoms with E-state index in [0.717, 1.165) is 29.5 Å². The van der Waals surface area contributed by atoms with Crippen molar-refractivity contribution >= 4 is 0 Å². The molecule has 0 atom stereocenters.